The topological polar surface area (TPSA) is 3.24 Å². The lowest BCUT2D eigenvalue weighted by Crippen LogP contribution is -2.31. The zero-order chi connectivity index (χ0) is 22.4. The maximum Gasteiger partial charge on any atom is -0.00190 e. The molecule has 3 rings (SSSR count). The average Bonchev–Trinajstić information content (AvgIpc) is 3.54. The van der Waals surface area contributed by atoms with Crippen LogP contribution in [0, 0.1) is 17.8 Å². The molecular formula is C27H48NP. The Morgan fingerprint density at radius 3 is 2.21 bits per heavy atom. The first-order valence-electron chi connectivity index (χ1n) is 11.5. The molecule has 1 heterocycles. The van der Waals surface area contributed by atoms with Crippen LogP contribution in [0.2, 0.25) is 0 Å². The Hall–Kier alpha value is -0.910. The Bertz CT molecular complexity index is 547. The van der Waals surface area contributed by atoms with E-state index >= 15 is 0 Å². The second-order valence-corrected chi connectivity index (χ2v) is 9.26. The highest BCUT2D eigenvalue weighted by molar-refractivity contribution is 7.18. The average molecular weight is 418 g/mol. The van der Waals surface area contributed by atoms with E-state index in [4.69, 9.17) is 0 Å². The number of hydrogen-bond donors (Lipinski definition) is 0. The van der Waals surface area contributed by atoms with Crippen LogP contribution >= 0.6 is 9.24 Å². The third-order valence-corrected chi connectivity index (χ3v) is 6.47. The number of nitrogens with zero attached hydrogens (tertiary/aromatic N) is 1. The molecular weight excluding hydrogens is 369 g/mol. The molecule has 0 bridgehead atoms. The van der Waals surface area contributed by atoms with Gasteiger partial charge >= 0.3 is 0 Å². The SMILES string of the molecule is C/C=C/C1=CC=C(C)CC1.C=C.C=C(C(C)P)C1CC1C1CCN(C)CC1.CC. The summed E-state index contributed by atoms with van der Waals surface area (Å²) in [4.78, 5) is 2.46. The molecule has 0 aromatic carbocycles. The van der Waals surface area contributed by atoms with Crippen LogP contribution in [0.15, 0.2) is 60.8 Å². The largest absolute Gasteiger partial charge is 0.306 e. The van der Waals surface area contributed by atoms with E-state index in [1.165, 1.54) is 61.9 Å². The van der Waals surface area contributed by atoms with Gasteiger partial charge in [0.15, 0.2) is 0 Å². The van der Waals surface area contributed by atoms with E-state index in [1.807, 2.05) is 13.8 Å². The molecule has 0 spiro atoms. The van der Waals surface area contributed by atoms with Crippen LogP contribution in [0.3, 0.4) is 0 Å². The quantitative estimate of drug-likeness (QED) is 0.332. The standard InChI is InChI=1S/C13H24NP.C10H14.C2H6.C2H4/c1-9(10(2)15)12-8-13(12)11-4-6-14(3)7-5-11;1-3-4-10-7-5-9(2)6-8-10;2*1-2/h10-13H,1,4-8,15H2,2-3H3;3-5,7H,6,8H2,1-2H3;1-2H3;1-2H2/b;4-3+;;. The second-order valence-electron chi connectivity index (χ2n) is 8.26. The summed E-state index contributed by atoms with van der Waals surface area (Å²) in [5.41, 5.74) is 5.02. The molecule has 4 unspecified atom stereocenters. The summed E-state index contributed by atoms with van der Waals surface area (Å²) in [5, 5.41) is 0. The number of piperidine rings is 1. The molecule has 4 atom stereocenters. The lowest BCUT2D eigenvalue weighted by Gasteiger charge is -2.29. The van der Waals surface area contributed by atoms with Crippen LogP contribution in [0.1, 0.15) is 66.7 Å². The summed E-state index contributed by atoms with van der Waals surface area (Å²) < 4.78 is 0. The molecule has 2 fully saturated rings. The molecule has 1 saturated carbocycles. The van der Waals surface area contributed by atoms with Crippen LogP contribution in [-0.2, 0) is 0 Å². The van der Waals surface area contributed by atoms with Crippen LogP contribution in [0.4, 0.5) is 0 Å². The maximum absolute atomic E-state index is 4.24. The van der Waals surface area contributed by atoms with Gasteiger partial charge in [-0.2, -0.15) is 0 Å². The normalized spacial score (nSPS) is 25.1. The van der Waals surface area contributed by atoms with Crippen LogP contribution in [0.5, 0.6) is 0 Å². The monoisotopic (exact) mass is 417 g/mol. The van der Waals surface area contributed by atoms with Crippen LogP contribution in [-0.4, -0.2) is 30.7 Å². The molecule has 2 aliphatic carbocycles. The van der Waals surface area contributed by atoms with Gasteiger partial charge in [0.05, 0.1) is 0 Å². The highest BCUT2D eigenvalue weighted by Gasteiger charge is 2.44. The van der Waals surface area contributed by atoms with Crippen molar-refractivity contribution in [2.24, 2.45) is 17.8 Å². The molecule has 1 nitrogen and oxygen atoms in total. The van der Waals surface area contributed by atoms with E-state index < -0.39 is 0 Å². The fourth-order valence-electron chi connectivity index (χ4n) is 4.07. The first kappa shape index (κ1) is 28.1. The molecule has 0 amide bonds. The summed E-state index contributed by atoms with van der Waals surface area (Å²) in [5.74, 6) is 2.83. The molecule has 1 saturated heterocycles. The Balaban J connectivity index is 0.000000488. The molecule has 29 heavy (non-hydrogen) atoms. The third-order valence-electron chi connectivity index (χ3n) is 6.04. The lowest BCUT2D eigenvalue weighted by molar-refractivity contribution is 0.201. The van der Waals surface area contributed by atoms with Crippen LogP contribution in [0.25, 0.3) is 0 Å². The lowest BCUT2D eigenvalue weighted by atomic mass is 9.90. The van der Waals surface area contributed by atoms with Crippen molar-refractivity contribution in [2.75, 3.05) is 20.1 Å². The number of rotatable bonds is 4. The summed E-state index contributed by atoms with van der Waals surface area (Å²) in [6.07, 6.45) is 15.4. The summed E-state index contributed by atoms with van der Waals surface area (Å²) in [6, 6.07) is 0. The highest BCUT2D eigenvalue weighted by atomic mass is 31.0. The summed E-state index contributed by atoms with van der Waals surface area (Å²) in [7, 11) is 5.12. The first-order valence-corrected chi connectivity index (χ1v) is 12.2. The van der Waals surface area contributed by atoms with E-state index in [0.717, 1.165) is 17.8 Å². The van der Waals surface area contributed by atoms with Crippen molar-refractivity contribution in [3.05, 3.63) is 60.8 Å². The smallest absolute Gasteiger partial charge is 0.00190 e. The van der Waals surface area contributed by atoms with Gasteiger partial charge in [-0.15, -0.1) is 22.4 Å². The molecule has 2 heteroatoms. The van der Waals surface area contributed by atoms with E-state index in [-0.39, 0.29) is 0 Å². The van der Waals surface area contributed by atoms with Gasteiger partial charge in [0.1, 0.15) is 0 Å². The Labute approximate surface area is 185 Å². The van der Waals surface area contributed by atoms with Crippen LogP contribution < -0.4 is 0 Å². The molecule has 166 valence electrons. The summed E-state index contributed by atoms with van der Waals surface area (Å²) >= 11 is 0. The Kier molecular flexibility index (Phi) is 15.4. The van der Waals surface area contributed by atoms with Gasteiger partial charge < -0.3 is 4.90 Å². The van der Waals surface area contributed by atoms with Gasteiger partial charge in [-0.25, -0.2) is 0 Å². The minimum atomic E-state index is 0.603. The minimum absolute atomic E-state index is 0.603. The van der Waals surface area contributed by atoms with E-state index in [2.05, 4.69) is 86.0 Å². The highest BCUT2D eigenvalue weighted by Crippen LogP contribution is 2.52. The van der Waals surface area contributed by atoms with Crippen molar-refractivity contribution in [2.45, 2.75) is 72.4 Å². The fraction of sp³-hybridized carbons (Fsp3) is 0.630. The van der Waals surface area contributed by atoms with E-state index in [9.17, 15) is 0 Å². The molecule has 1 aliphatic heterocycles. The van der Waals surface area contributed by atoms with E-state index in [0.29, 0.717) is 5.66 Å². The predicted molar refractivity (Wildman–Crippen MR) is 139 cm³/mol. The fourth-order valence-corrected chi connectivity index (χ4v) is 4.31. The molecule has 0 radical (unpaired) electrons. The van der Waals surface area contributed by atoms with E-state index in [1.54, 1.807) is 0 Å². The predicted octanol–water partition coefficient (Wildman–Crippen LogP) is 7.84. The van der Waals surface area contributed by atoms with Gasteiger partial charge in [-0.05, 0) is 95.1 Å². The van der Waals surface area contributed by atoms with Crippen molar-refractivity contribution < 1.29 is 0 Å². The molecule has 3 aliphatic rings. The number of likely N-dealkylation sites (tertiary alicyclic amines) is 1. The van der Waals surface area contributed by atoms with Crippen molar-refractivity contribution in [3.8, 4) is 0 Å². The van der Waals surface area contributed by atoms with Crippen molar-refractivity contribution in [3.63, 3.8) is 0 Å². The zero-order valence-electron chi connectivity index (χ0n) is 20.2. The first-order chi connectivity index (χ1) is 13.9. The van der Waals surface area contributed by atoms with Gasteiger partial charge in [0, 0.05) is 0 Å². The van der Waals surface area contributed by atoms with Gasteiger partial charge in [-0.1, -0.05) is 62.8 Å². The van der Waals surface area contributed by atoms with Crippen molar-refractivity contribution in [1.82, 2.24) is 4.90 Å². The Morgan fingerprint density at radius 1 is 1.17 bits per heavy atom. The molecule has 0 aromatic rings. The van der Waals surface area contributed by atoms with Crippen molar-refractivity contribution >= 4 is 9.24 Å². The zero-order valence-corrected chi connectivity index (χ0v) is 21.4. The second kappa shape index (κ2) is 15.9. The molecule has 0 N–H and O–H groups in total. The number of allylic oxidation sites excluding steroid dienone is 7. The van der Waals surface area contributed by atoms with Crippen molar-refractivity contribution in [1.29, 1.82) is 0 Å². The Morgan fingerprint density at radius 2 is 1.76 bits per heavy atom. The summed E-state index contributed by atoms with van der Waals surface area (Å²) in [6.45, 7) is 23.3. The number of hydrogen-bond acceptors (Lipinski definition) is 1. The van der Waals surface area contributed by atoms with Gasteiger partial charge in [0.2, 0.25) is 0 Å². The van der Waals surface area contributed by atoms with Gasteiger partial charge in [0.25, 0.3) is 0 Å². The third kappa shape index (κ3) is 10.6. The maximum atomic E-state index is 4.24. The molecule has 0 aromatic heterocycles. The van der Waals surface area contributed by atoms with Gasteiger partial charge in [-0.3, -0.25) is 0 Å². The minimum Gasteiger partial charge on any atom is -0.306 e.